The van der Waals surface area contributed by atoms with Gasteiger partial charge in [-0.2, -0.15) is 0 Å². The van der Waals surface area contributed by atoms with E-state index in [-0.39, 0.29) is 5.78 Å². The molecule has 1 aromatic heterocycles. The molecule has 22 heavy (non-hydrogen) atoms. The van der Waals surface area contributed by atoms with E-state index in [4.69, 9.17) is 4.74 Å². The van der Waals surface area contributed by atoms with E-state index in [0.717, 1.165) is 11.0 Å². The lowest BCUT2D eigenvalue weighted by Gasteiger charge is -2.21. The minimum absolute atomic E-state index is 0.0332. The average molecular weight is 365 g/mol. The average Bonchev–Trinajstić information content (AvgIpc) is 2.94. The van der Waals surface area contributed by atoms with E-state index < -0.39 is 0 Å². The maximum Gasteiger partial charge on any atom is 0.213 e. The fraction of sp³-hybridized carbons (Fsp3) is 0.353. The van der Waals surface area contributed by atoms with Gasteiger partial charge in [0, 0.05) is 23.3 Å². The predicted molar refractivity (Wildman–Crippen MR) is 91.7 cm³/mol. The Morgan fingerprint density at radius 3 is 2.73 bits per heavy atom. The molecule has 0 bridgehead atoms. The lowest BCUT2D eigenvalue weighted by atomic mass is 10.1. The van der Waals surface area contributed by atoms with Gasteiger partial charge in [-0.3, -0.25) is 4.79 Å². The molecule has 1 unspecified atom stereocenters. The van der Waals surface area contributed by atoms with Crippen molar-refractivity contribution in [2.45, 2.75) is 19.5 Å². The SMILES string of the molecule is COc1ccc(Br)cc1C(=O)c1cccn1CC(C)N(C)C. The number of rotatable bonds is 6. The van der Waals surface area contributed by atoms with Gasteiger partial charge in [0.05, 0.1) is 18.4 Å². The summed E-state index contributed by atoms with van der Waals surface area (Å²) in [6.45, 7) is 2.89. The van der Waals surface area contributed by atoms with E-state index in [1.807, 2.05) is 43.1 Å². The van der Waals surface area contributed by atoms with Gasteiger partial charge in [-0.15, -0.1) is 0 Å². The zero-order valence-corrected chi connectivity index (χ0v) is 14.9. The largest absolute Gasteiger partial charge is 0.496 e. The highest BCUT2D eigenvalue weighted by Gasteiger charge is 2.19. The number of hydrogen-bond donors (Lipinski definition) is 0. The van der Waals surface area contributed by atoms with E-state index in [0.29, 0.717) is 23.0 Å². The van der Waals surface area contributed by atoms with Crippen molar-refractivity contribution in [1.29, 1.82) is 0 Å². The molecule has 0 aliphatic carbocycles. The molecule has 0 radical (unpaired) electrons. The summed E-state index contributed by atoms with van der Waals surface area (Å²) < 4.78 is 8.17. The smallest absolute Gasteiger partial charge is 0.213 e. The van der Waals surface area contributed by atoms with E-state index in [1.54, 1.807) is 19.2 Å². The zero-order chi connectivity index (χ0) is 16.3. The van der Waals surface area contributed by atoms with Crippen LogP contribution >= 0.6 is 15.9 Å². The normalized spacial score (nSPS) is 12.5. The van der Waals surface area contributed by atoms with Crippen LogP contribution in [0.2, 0.25) is 0 Å². The fourth-order valence-electron chi connectivity index (χ4n) is 2.22. The lowest BCUT2D eigenvalue weighted by Crippen LogP contribution is -2.30. The van der Waals surface area contributed by atoms with Crippen molar-refractivity contribution in [3.63, 3.8) is 0 Å². The Bertz CT molecular complexity index is 664. The number of ether oxygens (including phenoxy) is 1. The van der Waals surface area contributed by atoms with Crippen molar-refractivity contribution in [2.75, 3.05) is 21.2 Å². The summed E-state index contributed by atoms with van der Waals surface area (Å²) in [6.07, 6.45) is 1.94. The molecule has 0 aliphatic rings. The van der Waals surface area contributed by atoms with Crippen molar-refractivity contribution in [2.24, 2.45) is 0 Å². The van der Waals surface area contributed by atoms with Gasteiger partial charge in [0.25, 0.3) is 0 Å². The summed E-state index contributed by atoms with van der Waals surface area (Å²) in [6, 6.07) is 9.55. The minimum atomic E-state index is -0.0332. The third kappa shape index (κ3) is 3.59. The van der Waals surface area contributed by atoms with Crippen LogP contribution in [0.25, 0.3) is 0 Å². The van der Waals surface area contributed by atoms with Crippen LogP contribution in [-0.4, -0.2) is 42.5 Å². The zero-order valence-electron chi connectivity index (χ0n) is 13.3. The van der Waals surface area contributed by atoms with Crippen molar-refractivity contribution >= 4 is 21.7 Å². The number of carbonyl (C=O) groups excluding carboxylic acids is 1. The Kier molecular flexibility index (Phi) is 5.42. The maximum absolute atomic E-state index is 12.9. The molecule has 1 atom stereocenters. The number of carbonyl (C=O) groups is 1. The van der Waals surface area contributed by atoms with Crippen LogP contribution in [0.5, 0.6) is 5.75 Å². The quantitative estimate of drug-likeness (QED) is 0.736. The van der Waals surface area contributed by atoms with Crippen molar-refractivity contribution in [3.05, 3.63) is 52.3 Å². The Labute approximate surface area is 139 Å². The highest BCUT2D eigenvalue weighted by atomic mass is 79.9. The second-order valence-corrected chi connectivity index (χ2v) is 6.45. The van der Waals surface area contributed by atoms with Crippen LogP contribution in [0.4, 0.5) is 0 Å². The Morgan fingerprint density at radius 1 is 1.36 bits per heavy atom. The van der Waals surface area contributed by atoms with E-state index in [2.05, 4.69) is 27.8 Å². The molecular formula is C17H21BrN2O2. The first-order valence-electron chi connectivity index (χ1n) is 7.14. The molecule has 1 heterocycles. The van der Waals surface area contributed by atoms with Crippen LogP contribution in [0.3, 0.4) is 0 Å². The van der Waals surface area contributed by atoms with Gasteiger partial charge < -0.3 is 14.2 Å². The van der Waals surface area contributed by atoms with Crippen LogP contribution in [0.1, 0.15) is 23.0 Å². The lowest BCUT2D eigenvalue weighted by molar-refractivity contribution is 0.102. The van der Waals surface area contributed by atoms with Crippen molar-refractivity contribution in [3.8, 4) is 5.75 Å². The summed E-state index contributed by atoms with van der Waals surface area (Å²) in [5, 5.41) is 0. The highest BCUT2D eigenvalue weighted by molar-refractivity contribution is 9.10. The number of benzene rings is 1. The third-order valence-electron chi connectivity index (χ3n) is 3.81. The minimum Gasteiger partial charge on any atom is -0.496 e. The van der Waals surface area contributed by atoms with E-state index in [1.165, 1.54) is 0 Å². The van der Waals surface area contributed by atoms with E-state index >= 15 is 0 Å². The van der Waals surface area contributed by atoms with Crippen LogP contribution < -0.4 is 4.74 Å². The Hall–Kier alpha value is -1.59. The molecule has 4 nitrogen and oxygen atoms in total. The number of nitrogens with zero attached hydrogens (tertiary/aromatic N) is 2. The van der Waals surface area contributed by atoms with Gasteiger partial charge in [-0.05, 0) is 51.4 Å². The molecule has 0 amide bonds. The summed E-state index contributed by atoms with van der Waals surface area (Å²) >= 11 is 3.41. The molecule has 0 saturated heterocycles. The number of hydrogen-bond acceptors (Lipinski definition) is 3. The topological polar surface area (TPSA) is 34.5 Å². The molecule has 2 aromatic rings. The van der Waals surface area contributed by atoms with Gasteiger partial charge in [0.1, 0.15) is 5.75 Å². The molecule has 118 valence electrons. The number of ketones is 1. The molecular weight excluding hydrogens is 344 g/mol. The molecule has 0 N–H and O–H groups in total. The van der Waals surface area contributed by atoms with Gasteiger partial charge in [-0.1, -0.05) is 15.9 Å². The third-order valence-corrected chi connectivity index (χ3v) is 4.30. The number of aromatic nitrogens is 1. The summed E-state index contributed by atoms with van der Waals surface area (Å²) in [7, 11) is 5.65. The van der Waals surface area contributed by atoms with Gasteiger partial charge in [0.2, 0.25) is 5.78 Å². The molecule has 5 heteroatoms. The monoisotopic (exact) mass is 364 g/mol. The van der Waals surface area contributed by atoms with Crippen molar-refractivity contribution < 1.29 is 9.53 Å². The van der Waals surface area contributed by atoms with Crippen LogP contribution in [0, 0.1) is 0 Å². The molecule has 2 rings (SSSR count). The number of likely N-dealkylation sites (N-methyl/N-ethyl adjacent to an activating group) is 1. The first kappa shape index (κ1) is 16.8. The van der Waals surface area contributed by atoms with Gasteiger partial charge in [-0.25, -0.2) is 0 Å². The Balaban J connectivity index is 2.35. The highest BCUT2D eigenvalue weighted by Crippen LogP contribution is 2.25. The summed E-state index contributed by atoms with van der Waals surface area (Å²) in [5.74, 6) is 0.552. The van der Waals surface area contributed by atoms with E-state index in [9.17, 15) is 4.79 Å². The molecule has 0 saturated carbocycles. The Morgan fingerprint density at radius 2 is 2.09 bits per heavy atom. The van der Waals surface area contributed by atoms with Gasteiger partial charge in [0.15, 0.2) is 0 Å². The molecule has 0 spiro atoms. The number of halogens is 1. The molecule has 0 fully saturated rings. The van der Waals surface area contributed by atoms with Gasteiger partial charge >= 0.3 is 0 Å². The molecule has 1 aromatic carbocycles. The predicted octanol–water partition coefficient (Wildman–Crippen LogP) is 3.44. The standard InChI is InChI=1S/C17H21BrN2O2/c1-12(19(2)3)11-20-9-5-6-15(20)17(21)14-10-13(18)7-8-16(14)22-4/h5-10,12H,11H2,1-4H3. The fourth-order valence-corrected chi connectivity index (χ4v) is 2.58. The van der Waals surface area contributed by atoms with Crippen LogP contribution in [0.15, 0.2) is 41.0 Å². The first-order valence-corrected chi connectivity index (χ1v) is 7.93. The first-order chi connectivity index (χ1) is 10.4. The van der Waals surface area contributed by atoms with Crippen molar-refractivity contribution in [1.82, 2.24) is 9.47 Å². The summed E-state index contributed by atoms with van der Waals surface area (Å²) in [5.41, 5.74) is 1.24. The maximum atomic E-state index is 12.9. The second kappa shape index (κ2) is 7.11. The second-order valence-electron chi connectivity index (χ2n) is 5.53. The molecule has 0 aliphatic heterocycles. The number of methoxy groups -OCH3 is 1. The summed E-state index contributed by atoms with van der Waals surface area (Å²) in [4.78, 5) is 15.0. The van der Waals surface area contributed by atoms with Crippen LogP contribution in [-0.2, 0) is 6.54 Å².